The highest BCUT2D eigenvalue weighted by molar-refractivity contribution is 7.92. The second kappa shape index (κ2) is 12.3. The van der Waals surface area contributed by atoms with E-state index in [-0.39, 0.29) is 30.9 Å². The third kappa shape index (κ3) is 7.15. The first-order valence-electron chi connectivity index (χ1n) is 12.6. The second-order valence-electron chi connectivity index (χ2n) is 9.52. The van der Waals surface area contributed by atoms with E-state index in [4.69, 9.17) is 9.47 Å². The second-order valence-corrected chi connectivity index (χ2v) is 11.7. The maximum absolute atomic E-state index is 13.8. The van der Waals surface area contributed by atoms with Crippen LogP contribution >= 0.6 is 0 Å². The summed E-state index contributed by atoms with van der Waals surface area (Å²) in [6, 6.07) is 11.7. The monoisotopic (exact) mass is 531 g/mol. The fraction of sp³-hybridized carbons (Fsp3) is 0.481. The number of anilines is 1. The molecule has 1 atom stereocenters. The molecule has 2 aromatic carbocycles. The van der Waals surface area contributed by atoms with E-state index in [1.165, 1.54) is 11.8 Å². The van der Waals surface area contributed by atoms with Crippen molar-refractivity contribution in [3.63, 3.8) is 0 Å². The first-order chi connectivity index (χ1) is 17.6. The molecule has 0 aliphatic carbocycles. The van der Waals surface area contributed by atoms with Crippen LogP contribution in [0.2, 0.25) is 0 Å². The lowest BCUT2D eigenvalue weighted by molar-refractivity contribution is -0.140. The lowest BCUT2D eigenvalue weighted by atomic mass is 10.1. The zero-order chi connectivity index (χ0) is 27.2. The summed E-state index contributed by atoms with van der Waals surface area (Å²) in [5, 5.41) is 2.92. The molecule has 0 fully saturated rings. The molecular weight excluding hydrogens is 494 g/mol. The van der Waals surface area contributed by atoms with Crippen LogP contribution in [0.15, 0.2) is 42.5 Å². The third-order valence-electron chi connectivity index (χ3n) is 6.17. The third-order valence-corrected chi connectivity index (χ3v) is 7.91. The molecule has 3 rings (SSSR count). The number of nitrogens with zero attached hydrogens (tertiary/aromatic N) is 2. The van der Waals surface area contributed by atoms with Gasteiger partial charge in [0, 0.05) is 19.2 Å². The summed E-state index contributed by atoms with van der Waals surface area (Å²) >= 11 is 0. The number of sulfonamides is 1. The molecule has 0 saturated carbocycles. The van der Waals surface area contributed by atoms with Gasteiger partial charge in [-0.25, -0.2) is 8.42 Å². The van der Waals surface area contributed by atoms with Gasteiger partial charge in [-0.15, -0.1) is 0 Å². The van der Waals surface area contributed by atoms with Gasteiger partial charge in [0.2, 0.25) is 28.6 Å². The Balaban J connectivity index is 1.95. The summed E-state index contributed by atoms with van der Waals surface area (Å²) in [5.74, 6) is 0.249. The molecule has 202 valence electrons. The van der Waals surface area contributed by atoms with Gasteiger partial charge in [-0.3, -0.25) is 13.9 Å². The number of fused-ring (bicyclic) bond motifs is 1. The number of hydrogen-bond donors (Lipinski definition) is 1. The standard InChI is InChI=1S/C27H37N3O6S/c1-6-23(27(32)28-15-19(3)4)29(16-21-10-8-20(5)9-11-21)26(31)17-30(37(33,34)7-2)22-12-13-24-25(14-22)36-18-35-24/h8-14,19,23H,6-7,15-18H2,1-5H3,(H,28,32). The van der Waals surface area contributed by atoms with Crippen molar-refractivity contribution in [1.29, 1.82) is 0 Å². The van der Waals surface area contributed by atoms with E-state index in [1.54, 1.807) is 18.2 Å². The van der Waals surface area contributed by atoms with Gasteiger partial charge in [0.1, 0.15) is 12.6 Å². The minimum atomic E-state index is -3.82. The topological polar surface area (TPSA) is 105 Å². The number of ether oxygens (including phenoxy) is 2. The number of carbonyl (C=O) groups is 2. The lowest BCUT2D eigenvalue weighted by Gasteiger charge is -2.33. The Kier molecular flexibility index (Phi) is 9.42. The quantitative estimate of drug-likeness (QED) is 0.450. The first kappa shape index (κ1) is 28.3. The van der Waals surface area contributed by atoms with Gasteiger partial charge in [0.15, 0.2) is 11.5 Å². The first-order valence-corrected chi connectivity index (χ1v) is 14.2. The zero-order valence-corrected chi connectivity index (χ0v) is 23.0. The number of hydrogen-bond acceptors (Lipinski definition) is 6. The highest BCUT2D eigenvalue weighted by Crippen LogP contribution is 2.36. The average molecular weight is 532 g/mol. The van der Waals surface area contributed by atoms with Crippen molar-refractivity contribution >= 4 is 27.5 Å². The molecule has 0 aromatic heterocycles. The number of amides is 2. The normalized spacial score (nSPS) is 13.4. The van der Waals surface area contributed by atoms with Crippen LogP contribution in [0, 0.1) is 12.8 Å². The highest BCUT2D eigenvalue weighted by atomic mass is 32.2. The number of aryl methyl sites for hydroxylation is 1. The summed E-state index contributed by atoms with van der Waals surface area (Å²) in [6.45, 7) is 9.58. The van der Waals surface area contributed by atoms with Gasteiger partial charge in [-0.05, 0) is 43.9 Å². The SMILES string of the molecule is CCC(C(=O)NCC(C)C)N(Cc1ccc(C)cc1)C(=O)CN(c1ccc2c(c1)OCO2)S(=O)(=O)CC. The maximum Gasteiger partial charge on any atom is 0.244 e. The van der Waals surface area contributed by atoms with Crippen molar-refractivity contribution in [3.8, 4) is 11.5 Å². The van der Waals surface area contributed by atoms with Gasteiger partial charge in [-0.2, -0.15) is 0 Å². The van der Waals surface area contributed by atoms with Gasteiger partial charge in [-0.1, -0.05) is 50.6 Å². The molecule has 1 aliphatic rings. The van der Waals surface area contributed by atoms with Crippen molar-refractivity contribution in [1.82, 2.24) is 10.2 Å². The molecule has 1 unspecified atom stereocenters. The molecule has 0 bridgehead atoms. The molecule has 2 amide bonds. The molecule has 2 aromatic rings. The molecule has 1 heterocycles. The van der Waals surface area contributed by atoms with Crippen LogP contribution in [0.5, 0.6) is 11.5 Å². The number of nitrogens with one attached hydrogen (secondary N) is 1. The number of carbonyl (C=O) groups excluding carboxylic acids is 2. The largest absolute Gasteiger partial charge is 0.454 e. The molecule has 1 aliphatic heterocycles. The van der Waals surface area contributed by atoms with Crippen molar-refractivity contribution in [3.05, 3.63) is 53.6 Å². The van der Waals surface area contributed by atoms with Crippen LogP contribution in [-0.2, 0) is 26.2 Å². The van der Waals surface area contributed by atoms with Crippen molar-refractivity contribution < 1.29 is 27.5 Å². The van der Waals surface area contributed by atoms with Crippen LogP contribution in [0.1, 0.15) is 45.2 Å². The average Bonchev–Trinajstić information content (AvgIpc) is 3.34. The van der Waals surface area contributed by atoms with E-state index in [0.29, 0.717) is 30.2 Å². The Morgan fingerprint density at radius 1 is 1.03 bits per heavy atom. The van der Waals surface area contributed by atoms with E-state index >= 15 is 0 Å². The van der Waals surface area contributed by atoms with Gasteiger partial charge in [0.05, 0.1) is 11.4 Å². The van der Waals surface area contributed by atoms with Gasteiger partial charge in [0.25, 0.3) is 0 Å². The summed E-state index contributed by atoms with van der Waals surface area (Å²) in [7, 11) is -3.82. The van der Waals surface area contributed by atoms with Gasteiger partial charge < -0.3 is 19.7 Å². The van der Waals surface area contributed by atoms with E-state index in [0.717, 1.165) is 15.4 Å². The van der Waals surface area contributed by atoms with Crippen LogP contribution in [0.25, 0.3) is 0 Å². The molecule has 0 radical (unpaired) electrons. The van der Waals surface area contributed by atoms with Crippen LogP contribution in [0.3, 0.4) is 0 Å². The van der Waals surface area contributed by atoms with E-state index in [2.05, 4.69) is 5.32 Å². The highest BCUT2D eigenvalue weighted by Gasteiger charge is 2.33. The molecule has 10 heteroatoms. The van der Waals surface area contributed by atoms with E-state index in [9.17, 15) is 18.0 Å². The van der Waals surface area contributed by atoms with Crippen molar-refractivity contribution in [2.24, 2.45) is 5.92 Å². The minimum Gasteiger partial charge on any atom is -0.454 e. The molecule has 37 heavy (non-hydrogen) atoms. The van der Waals surface area contributed by atoms with Gasteiger partial charge >= 0.3 is 0 Å². The summed E-state index contributed by atoms with van der Waals surface area (Å²) in [5.41, 5.74) is 2.22. The molecule has 9 nitrogen and oxygen atoms in total. The van der Waals surface area contributed by atoms with Crippen molar-refractivity contribution in [2.75, 3.05) is 29.9 Å². The Morgan fingerprint density at radius 3 is 2.32 bits per heavy atom. The Morgan fingerprint density at radius 2 is 1.70 bits per heavy atom. The predicted molar refractivity (Wildman–Crippen MR) is 143 cm³/mol. The fourth-order valence-corrected chi connectivity index (χ4v) is 5.05. The summed E-state index contributed by atoms with van der Waals surface area (Å²) < 4.78 is 38.1. The Hall–Kier alpha value is -3.27. The number of rotatable bonds is 12. The van der Waals surface area contributed by atoms with Crippen LogP contribution in [0.4, 0.5) is 5.69 Å². The molecule has 0 spiro atoms. The minimum absolute atomic E-state index is 0.0479. The Labute approximate surface area is 219 Å². The van der Waals surface area contributed by atoms with E-state index < -0.39 is 28.5 Å². The Bertz CT molecular complexity index is 1200. The lowest BCUT2D eigenvalue weighted by Crippen LogP contribution is -2.52. The van der Waals surface area contributed by atoms with Crippen LogP contribution < -0.4 is 19.1 Å². The number of benzene rings is 2. The zero-order valence-electron chi connectivity index (χ0n) is 22.2. The predicted octanol–water partition coefficient (Wildman–Crippen LogP) is 3.46. The summed E-state index contributed by atoms with van der Waals surface area (Å²) in [6.07, 6.45) is 0.381. The molecule has 0 saturated heterocycles. The summed E-state index contributed by atoms with van der Waals surface area (Å²) in [4.78, 5) is 28.4. The smallest absolute Gasteiger partial charge is 0.244 e. The van der Waals surface area contributed by atoms with Crippen LogP contribution in [-0.4, -0.2) is 56.8 Å². The van der Waals surface area contributed by atoms with Crippen molar-refractivity contribution in [2.45, 2.75) is 53.6 Å². The fourth-order valence-electron chi connectivity index (χ4n) is 3.99. The molecule has 1 N–H and O–H groups in total. The van der Waals surface area contributed by atoms with E-state index in [1.807, 2.05) is 52.0 Å². The maximum atomic E-state index is 13.8. The molecular formula is C27H37N3O6S.